The smallest absolute Gasteiger partial charge is 0.253 e. The molecule has 8 heteroatoms. The van der Waals surface area contributed by atoms with Gasteiger partial charge in [0.15, 0.2) is 5.16 Å². The van der Waals surface area contributed by atoms with Gasteiger partial charge in [-0.05, 0) is 48.2 Å². The largest absolute Gasteiger partial charge is 0.467 e. The predicted octanol–water partition coefficient (Wildman–Crippen LogP) is 5.00. The first-order valence-corrected chi connectivity index (χ1v) is 11.1. The highest BCUT2D eigenvalue weighted by Gasteiger charge is 2.35. The molecule has 0 saturated carbocycles. The van der Waals surface area contributed by atoms with Gasteiger partial charge in [0.1, 0.15) is 11.8 Å². The fourth-order valence-corrected chi connectivity index (χ4v) is 4.86. The molecule has 146 valence electrons. The van der Waals surface area contributed by atoms with Gasteiger partial charge < -0.3 is 9.40 Å². The normalized spacial score (nSPS) is 16.5. The van der Waals surface area contributed by atoms with E-state index in [2.05, 4.69) is 21.1 Å². The standard InChI is InChI=1S/C21H18N4O2S2/c1-13-6-7-14-15(10-13)23-21(22-14)29-12-20(26)25-17(18-4-2-8-27-18)11-16(24-25)19-5-3-9-28-19/h2-10,17H,11-12H2,1H3,(H,22,23). The highest BCUT2D eigenvalue weighted by Crippen LogP contribution is 2.34. The van der Waals surface area contributed by atoms with Crippen molar-refractivity contribution in [3.05, 3.63) is 70.3 Å². The Kier molecular flexibility index (Phi) is 4.73. The Hall–Kier alpha value is -2.84. The number of H-pyrrole nitrogens is 1. The van der Waals surface area contributed by atoms with Crippen LogP contribution in [0, 0.1) is 6.92 Å². The summed E-state index contributed by atoms with van der Waals surface area (Å²) in [5, 5.41) is 8.95. The van der Waals surface area contributed by atoms with Gasteiger partial charge in [-0.2, -0.15) is 5.10 Å². The molecule has 0 radical (unpaired) electrons. The number of hydrogen-bond donors (Lipinski definition) is 1. The summed E-state index contributed by atoms with van der Waals surface area (Å²) in [6.07, 6.45) is 2.28. The van der Waals surface area contributed by atoms with Gasteiger partial charge in [-0.1, -0.05) is 23.9 Å². The topological polar surface area (TPSA) is 74.5 Å². The van der Waals surface area contributed by atoms with E-state index in [1.54, 1.807) is 22.6 Å². The summed E-state index contributed by atoms with van der Waals surface area (Å²) in [5.74, 6) is 0.925. The zero-order valence-electron chi connectivity index (χ0n) is 15.7. The summed E-state index contributed by atoms with van der Waals surface area (Å²) in [7, 11) is 0. The number of fused-ring (bicyclic) bond motifs is 1. The summed E-state index contributed by atoms with van der Waals surface area (Å²) in [6, 6.07) is 13.6. The predicted molar refractivity (Wildman–Crippen MR) is 115 cm³/mol. The number of hydrogen-bond acceptors (Lipinski definition) is 6. The Morgan fingerprint density at radius 2 is 2.28 bits per heavy atom. The second-order valence-corrected chi connectivity index (χ2v) is 8.76. The van der Waals surface area contributed by atoms with Crippen LogP contribution in [0.4, 0.5) is 0 Å². The molecule has 0 bridgehead atoms. The zero-order chi connectivity index (χ0) is 19.8. The van der Waals surface area contributed by atoms with Crippen LogP contribution in [0.2, 0.25) is 0 Å². The number of nitrogens with one attached hydrogen (secondary N) is 1. The maximum absolute atomic E-state index is 13.0. The summed E-state index contributed by atoms with van der Waals surface area (Å²) in [5.41, 5.74) is 3.97. The molecule has 1 aromatic carbocycles. The van der Waals surface area contributed by atoms with Crippen molar-refractivity contribution < 1.29 is 9.21 Å². The molecule has 1 unspecified atom stereocenters. The molecule has 0 saturated heterocycles. The third-order valence-corrected chi connectivity index (χ3v) is 6.57. The average molecular weight is 423 g/mol. The number of thiophene rings is 1. The number of imidazole rings is 1. The van der Waals surface area contributed by atoms with E-state index in [4.69, 9.17) is 4.42 Å². The molecule has 5 rings (SSSR count). The molecule has 1 amide bonds. The number of nitrogens with zero attached hydrogens (tertiary/aromatic N) is 3. The molecule has 1 N–H and O–H groups in total. The molecule has 3 aromatic heterocycles. The first-order chi connectivity index (χ1) is 14.2. The lowest BCUT2D eigenvalue weighted by Crippen LogP contribution is -2.28. The molecular formula is C21H18N4O2S2. The van der Waals surface area contributed by atoms with Crippen LogP contribution in [-0.2, 0) is 4.79 Å². The number of furan rings is 1. The van der Waals surface area contributed by atoms with Gasteiger partial charge in [0.25, 0.3) is 5.91 Å². The fraction of sp³-hybridized carbons (Fsp3) is 0.190. The summed E-state index contributed by atoms with van der Waals surface area (Å²) in [4.78, 5) is 21.9. The number of aromatic nitrogens is 2. The quantitative estimate of drug-likeness (QED) is 0.460. The van der Waals surface area contributed by atoms with E-state index in [0.717, 1.165) is 32.5 Å². The number of thioether (sulfide) groups is 1. The molecule has 1 atom stereocenters. The number of aromatic amines is 1. The Balaban J connectivity index is 1.35. The number of benzene rings is 1. The second-order valence-electron chi connectivity index (χ2n) is 6.85. The van der Waals surface area contributed by atoms with Crippen LogP contribution >= 0.6 is 23.1 Å². The lowest BCUT2D eigenvalue weighted by atomic mass is 10.1. The first-order valence-electron chi connectivity index (χ1n) is 9.23. The molecule has 29 heavy (non-hydrogen) atoms. The lowest BCUT2D eigenvalue weighted by molar-refractivity contribution is -0.130. The molecule has 6 nitrogen and oxygen atoms in total. The maximum atomic E-state index is 13.0. The summed E-state index contributed by atoms with van der Waals surface area (Å²) >= 11 is 3.02. The second kappa shape index (κ2) is 7.53. The van der Waals surface area contributed by atoms with Gasteiger partial charge in [0.2, 0.25) is 0 Å². The molecule has 0 spiro atoms. The van der Waals surface area contributed by atoms with Gasteiger partial charge in [-0.3, -0.25) is 4.79 Å². The molecule has 1 aliphatic rings. The number of aryl methyl sites for hydroxylation is 1. The average Bonchev–Trinajstić information content (AvgIpc) is 3.51. The van der Waals surface area contributed by atoms with E-state index in [9.17, 15) is 4.79 Å². The van der Waals surface area contributed by atoms with Gasteiger partial charge in [0, 0.05) is 6.42 Å². The first kappa shape index (κ1) is 18.2. The van der Waals surface area contributed by atoms with Crippen LogP contribution in [-0.4, -0.2) is 32.3 Å². The third-order valence-electron chi connectivity index (χ3n) is 4.79. The van der Waals surface area contributed by atoms with Crippen molar-refractivity contribution in [3.63, 3.8) is 0 Å². The van der Waals surface area contributed by atoms with Crippen molar-refractivity contribution in [3.8, 4) is 0 Å². The van der Waals surface area contributed by atoms with Crippen LogP contribution in [0.15, 0.2) is 68.8 Å². The van der Waals surface area contributed by atoms with Crippen LogP contribution < -0.4 is 0 Å². The molecule has 4 aromatic rings. The highest BCUT2D eigenvalue weighted by molar-refractivity contribution is 7.99. The SMILES string of the molecule is Cc1ccc2nc(SCC(=O)N3N=C(c4cccs4)CC3c3ccco3)[nH]c2c1. The fourth-order valence-electron chi connectivity index (χ4n) is 3.40. The van der Waals surface area contributed by atoms with E-state index in [-0.39, 0.29) is 17.7 Å². The van der Waals surface area contributed by atoms with Crippen molar-refractivity contribution in [2.75, 3.05) is 5.75 Å². The number of carbonyl (C=O) groups is 1. The van der Waals surface area contributed by atoms with Crippen molar-refractivity contribution >= 4 is 45.8 Å². The Morgan fingerprint density at radius 1 is 1.34 bits per heavy atom. The monoisotopic (exact) mass is 422 g/mol. The molecule has 0 fully saturated rings. The van der Waals surface area contributed by atoms with Crippen LogP contribution in [0.3, 0.4) is 0 Å². The van der Waals surface area contributed by atoms with Crippen LogP contribution in [0.25, 0.3) is 11.0 Å². The molecular weight excluding hydrogens is 404 g/mol. The van der Waals surface area contributed by atoms with E-state index in [0.29, 0.717) is 6.42 Å². The van der Waals surface area contributed by atoms with Crippen LogP contribution in [0.5, 0.6) is 0 Å². The van der Waals surface area contributed by atoms with Crippen LogP contribution in [0.1, 0.15) is 28.7 Å². The van der Waals surface area contributed by atoms with Gasteiger partial charge >= 0.3 is 0 Å². The van der Waals surface area contributed by atoms with E-state index < -0.39 is 0 Å². The molecule has 4 heterocycles. The Labute approximate surface area is 175 Å². The van der Waals surface area contributed by atoms with Gasteiger partial charge in [-0.25, -0.2) is 9.99 Å². The van der Waals surface area contributed by atoms with Crippen molar-refractivity contribution in [1.82, 2.24) is 15.0 Å². The summed E-state index contributed by atoms with van der Waals surface area (Å²) < 4.78 is 5.59. The van der Waals surface area contributed by atoms with Crippen molar-refractivity contribution in [2.45, 2.75) is 24.5 Å². The maximum Gasteiger partial charge on any atom is 0.253 e. The number of hydrazone groups is 1. The third kappa shape index (κ3) is 3.61. The Morgan fingerprint density at radius 3 is 3.07 bits per heavy atom. The Bertz CT molecular complexity index is 1180. The van der Waals surface area contributed by atoms with E-state index in [1.165, 1.54) is 17.3 Å². The summed E-state index contributed by atoms with van der Waals surface area (Å²) in [6.45, 7) is 2.04. The minimum Gasteiger partial charge on any atom is -0.467 e. The van der Waals surface area contributed by atoms with E-state index in [1.807, 2.05) is 48.7 Å². The minimum absolute atomic E-state index is 0.0698. The number of amides is 1. The molecule has 1 aliphatic heterocycles. The van der Waals surface area contributed by atoms with Gasteiger partial charge in [0.05, 0.1) is 33.6 Å². The highest BCUT2D eigenvalue weighted by atomic mass is 32.2. The molecule has 0 aliphatic carbocycles. The number of carbonyl (C=O) groups excluding carboxylic acids is 1. The van der Waals surface area contributed by atoms with Gasteiger partial charge in [-0.15, -0.1) is 11.3 Å². The minimum atomic E-state index is -0.214. The number of rotatable bonds is 5. The van der Waals surface area contributed by atoms with Crippen molar-refractivity contribution in [2.24, 2.45) is 5.10 Å². The zero-order valence-corrected chi connectivity index (χ0v) is 17.3. The van der Waals surface area contributed by atoms with E-state index >= 15 is 0 Å². The van der Waals surface area contributed by atoms with Crippen molar-refractivity contribution in [1.29, 1.82) is 0 Å². The lowest BCUT2D eigenvalue weighted by Gasteiger charge is -2.19.